The third-order valence-corrected chi connectivity index (χ3v) is 3.70. The summed E-state index contributed by atoms with van der Waals surface area (Å²) < 4.78 is 31.6. The van der Waals surface area contributed by atoms with Gasteiger partial charge in [0.2, 0.25) is 15.9 Å². The van der Waals surface area contributed by atoms with Crippen molar-refractivity contribution in [2.45, 2.75) is 18.8 Å². The molecule has 2 rings (SSSR count). The van der Waals surface area contributed by atoms with E-state index in [-0.39, 0.29) is 11.9 Å². The number of nitrogens with one attached hydrogen (secondary N) is 1. The molecule has 0 bridgehead atoms. The van der Waals surface area contributed by atoms with Gasteiger partial charge in [-0.2, -0.15) is 4.98 Å². The van der Waals surface area contributed by atoms with Gasteiger partial charge in [0.15, 0.2) is 11.2 Å². The van der Waals surface area contributed by atoms with E-state index >= 15 is 0 Å². The molecule has 0 aromatic carbocycles. The molecule has 0 fully saturated rings. The molecule has 0 spiro atoms. The van der Waals surface area contributed by atoms with Crippen LogP contribution in [0, 0.1) is 0 Å². The first kappa shape index (κ1) is 15.9. The Hall–Kier alpha value is -1.45. The highest BCUT2D eigenvalue weighted by atomic mass is 35.5. The van der Waals surface area contributed by atoms with Crippen LogP contribution < -0.4 is 9.46 Å². The monoisotopic (exact) mass is 333 g/mol. The summed E-state index contributed by atoms with van der Waals surface area (Å²) >= 11 is 6.13. The number of alkyl halides is 1. The van der Waals surface area contributed by atoms with E-state index in [2.05, 4.69) is 19.7 Å². The summed E-state index contributed by atoms with van der Waals surface area (Å²) in [5.74, 6) is 0.939. The molecule has 0 aliphatic carbocycles. The number of aromatic nitrogens is 4. The second-order valence-corrected chi connectivity index (χ2v) is 6.95. The van der Waals surface area contributed by atoms with Crippen molar-refractivity contribution in [3.8, 4) is 5.88 Å². The smallest absolute Gasteiger partial charge is 0.245 e. The Morgan fingerprint density at radius 1 is 1.48 bits per heavy atom. The molecule has 0 aliphatic rings. The lowest BCUT2D eigenvalue weighted by Crippen LogP contribution is -2.26. The van der Waals surface area contributed by atoms with Crippen LogP contribution in [0.2, 0.25) is 0 Å². The average molecular weight is 334 g/mol. The lowest BCUT2D eigenvalue weighted by Gasteiger charge is -2.10. The molecule has 2 heterocycles. The van der Waals surface area contributed by atoms with E-state index in [1.165, 1.54) is 13.4 Å². The number of halogens is 1. The summed E-state index contributed by atoms with van der Waals surface area (Å²) in [5, 5.41) is -0.359. The lowest BCUT2D eigenvalue weighted by molar-refractivity contribution is 0.401. The fourth-order valence-electron chi connectivity index (χ4n) is 1.95. The van der Waals surface area contributed by atoms with Gasteiger partial charge in [0.25, 0.3) is 0 Å². The third kappa shape index (κ3) is 3.60. The number of methoxy groups -OCH3 is 1. The van der Waals surface area contributed by atoms with Crippen molar-refractivity contribution < 1.29 is 13.2 Å². The SMILES string of the molecule is COc1ncnc2c1nc(C(C)Cl)n2CCNS(C)(=O)=O. The predicted molar refractivity (Wildman–Crippen MR) is 79.0 cm³/mol. The highest BCUT2D eigenvalue weighted by Crippen LogP contribution is 2.27. The highest BCUT2D eigenvalue weighted by Gasteiger charge is 2.19. The van der Waals surface area contributed by atoms with Crippen molar-refractivity contribution in [1.82, 2.24) is 24.2 Å². The molecule has 0 radical (unpaired) electrons. The van der Waals surface area contributed by atoms with Crippen molar-refractivity contribution >= 4 is 32.8 Å². The van der Waals surface area contributed by atoms with Gasteiger partial charge in [-0.05, 0) is 6.92 Å². The average Bonchev–Trinajstić information content (AvgIpc) is 2.76. The number of sulfonamides is 1. The number of fused-ring (bicyclic) bond motifs is 1. The number of ether oxygens (including phenoxy) is 1. The van der Waals surface area contributed by atoms with E-state index in [1.807, 2.05) is 0 Å². The van der Waals surface area contributed by atoms with Crippen LogP contribution in [0.25, 0.3) is 11.2 Å². The maximum Gasteiger partial charge on any atom is 0.245 e. The topological polar surface area (TPSA) is 99.0 Å². The summed E-state index contributed by atoms with van der Waals surface area (Å²) in [5.41, 5.74) is 1.06. The molecule has 0 aliphatic heterocycles. The van der Waals surface area contributed by atoms with Crippen LogP contribution in [-0.4, -0.2) is 47.8 Å². The Labute approximate surface area is 127 Å². The van der Waals surface area contributed by atoms with Crippen molar-refractivity contribution in [3.63, 3.8) is 0 Å². The minimum absolute atomic E-state index is 0.215. The van der Waals surface area contributed by atoms with Gasteiger partial charge < -0.3 is 9.30 Å². The molecule has 8 nitrogen and oxygen atoms in total. The first-order valence-electron chi connectivity index (χ1n) is 6.17. The summed E-state index contributed by atoms with van der Waals surface area (Å²) in [6, 6.07) is 0. The molecular formula is C11H16ClN5O3S. The molecule has 0 saturated carbocycles. The number of hydrogen-bond acceptors (Lipinski definition) is 6. The molecule has 2 aromatic heterocycles. The van der Waals surface area contributed by atoms with Crippen molar-refractivity contribution in [3.05, 3.63) is 12.2 Å². The number of imidazole rings is 1. The second kappa shape index (κ2) is 6.12. The molecule has 1 N–H and O–H groups in total. The largest absolute Gasteiger partial charge is 0.479 e. The maximum absolute atomic E-state index is 11.1. The van der Waals surface area contributed by atoms with Gasteiger partial charge in [-0.25, -0.2) is 23.1 Å². The van der Waals surface area contributed by atoms with Crippen LogP contribution >= 0.6 is 11.6 Å². The molecule has 21 heavy (non-hydrogen) atoms. The Bertz CT molecular complexity index is 744. The zero-order valence-electron chi connectivity index (χ0n) is 11.9. The molecule has 1 unspecified atom stereocenters. The van der Waals surface area contributed by atoms with Crippen molar-refractivity contribution in [2.75, 3.05) is 19.9 Å². The maximum atomic E-state index is 11.1. The summed E-state index contributed by atoms with van der Waals surface area (Å²) in [6.45, 7) is 2.35. The van der Waals surface area contributed by atoms with Gasteiger partial charge >= 0.3 is 0 Å². The number of rotatable bonds is 6. The van der Waals surface area contributed by atoms with Gasteiger partial charge in [0.1, 0.15) is 12.2 Å². The minimum Gasteiger partial charge on any atom is -0.479 e. The van der Waals surface area contributed by atoms with Gasteiger partial charge in [-0.3, -0.25) is 0 Å². The normalized spacial score (nSPS) is 13.5. The van der Waals surface area contributed by atoms with E-state index in [0.717, 1.165) is 6.26 Å². The van der Waals surface area contributed by atoms with E-state index in [4.69, 9.17) is 16.3 Å². The molecule has 0 amide bonds. The summed E-state index contributed by atoms with van der Waals surface area (Å²) in [4.78, 5) is 12.6. The highest BCUT2D eigenvalue weighted by molar-refractivity contribution is 7.88. The van der Waals surface area contributed by atoms with E-state index in [0.29, 0.717) is 29.4 Å². The Morgan fingerprint density at radius 3 is 2.76 bits per heavy atom. The van der Waals surface area contributed by atoms with E-state index < -0.39 is 10.0 Å². The predicted octanol–water partition coefficient (Wildman–Crippen LogP) is 0.684. The standard InChI is InChI=1S/C11H16ClN5O3S/c1-7(12)9-16-8-10(13-6-14-11(8)20-2)17(9)5-4-15-21(3,18)19/h6-7,15H,4-5H2,1-3H3. The molecule has 0 saturated heterocycles. The van der Waals surface area contributed by atoms with Crippen LogP contribution in [-0.2, 0) is 16.6 Å². The molecular weight excluding hydrogens is 318 g/mol. The quantitative estimate of drug-likeness (QED) is 0.781. The van der Waals surface area contributed by atoms with Crippen molar-refractivity contribution in [1.29, 1.82) is 0 Å². The summed E-state index contributed by atoms with van der Waals surface area (Å²) in [7, 11) is -1.75. The zero-order valence-corrected chi connectivity index (χ0v) is 13.4. The first-order valence-corrected chi connectivity index (χ1v) is 8.50. The van der Waals surface area contributed by atoms with Crippen LogP contribution in [0.15, 0.2) is 6.33 Å². The molecule has 116 valence electrons. The Balaban J connectivity index is 2.42. The van der Waals surface area contributed by atoms with E-state index in [1.54, 1.807) is 11.5 Å². The van der Waals surface area contributed by atoms with Crippen LogP contribution in [0.5, 0.6) is 5.88 Å². The van der Waals surface area contributed by atoms with E-state index in [9.17, 15) is 8.42 Å². The van der Waals surface area contributed by atoms with Gasteiger partial charge in [-0.1, -0.05) is 0 Å². The van der Waals surface area contributed by atoms with Gasteiger partial charge in [0, 0.05) is 13.1 Å². The number of hydrogen-bond donors (Lipinski definition) is 1. The van der Waals surface area contributed by atoms with Crippen LogP contribution in [0.3, 0.4) is 0 Å². The molecule has 1 atom stereocenters. The fraction of sp³-hybridized carbons (Fsp3) is 0.545. The van der Waals surface area contributed by atoms with Crippen molar-refractivity contribution in [2.24, 2.45) is 0 Å². The second-order valence-electron chi connectivity index (χ2n) is 4.46. The third-order valence-electron chi connectivity index (χ3n) is 2.78. The zero-order chi connectivity index (χ0) is 15.6. The van der Waals surface area contributed by atoms with Crippen LogP contribution in [0.4, 0.5) is 0 Å². The minimum atomic E-state index is -3.25. The van der Waals surface area contributed by atoms with Gasteiger partial charge in [-0.15, -0.1) is 11.6 Å². The summed E-state index contributed by atoms with van der Waals surface area (Å²) in [6.07, 6.45) is 2.47. The Kier molecular flexibility index (Phi) is 4.64. The molecule has 2 aromatic rings. The first-order chi connectivity index (χ1) is 9.83. The van der Waals surface area contributed by atoms with Gasteiger partial charge in [0.05, 0.1) is 18.7 Å². The number of nitrogens with zero attached hydrogens (tertiary/aromatic N) is 4. The fourth-order valence-corrected chi connectivity index (χ4v) is 2.58. The molecule has 10 heteroatoms. The Morgan fingerprint density at radius 2 is 2.19 bits per heavy atom. The lowest BCUT2D eigenvalue weighted by atomic mass is 10.4. The van der Waals surface area contributed by atoms with Crippen LogP contribution in [0.1, 0.15) is 18.1 Å².